The van der Waals surface area contributed by atoms with Crippen LogP contribution in [0.1, 0.15) is 25.8 Å². The third-order valence-electron chi connectivity index (χ3n) is 1.94. The van der Waals surface area contributed by atoms with Gasteiger partial charge in [0, 0.05) is 11.4 Å². The Labute approximate surface area is 100 Å². The van der Waals surface area contributed by atoms with Gasteiger partial charge >= 0.3 is 0 Å². The lowest BCUT2D eigenvalue weighted by molar-refractivity contribution is 0.319. The summed E-state index contributed by atoms with van der Waals surface area (Å²) in [6.45, 7) is 4.43. The van der Waals surface area contributed by atoms with E-state index in [4.69, 9.17) is 21.6 Å². The molecule has 0 amide bonds. The van der Waals surface area contributed by atoms with E-state index in [0.29, 0.717) is 35.2 Å². The summed E-state index contributed by atoms with van der Waals surface area (Å²) in [7, 11) is 0. The van der Waals surface area contributed by atoms with Crippen LogP contribution in [0.15, 0.2) is 23.2 Å². The molecule has 0 unspecified atom stereocenters. The fourth-order valence-corrected chi connectivity index (χ4v) is 1.38. The molecule has 0 saturated heterocycles. The Bertz CT molecular complexity index is 435. The van der Waals surface area contributed by atoms with Gasteiger partial charge in [0.2, 0.25) is 0 Å². The van der Waals surface area contributed by atoms with Crippen molar-refractivity contribution in [1.82, 2.24) is 0 Å². The number of nitrogens with zero attached hydrogens (tertiary/aromatic N) is 2. The lowest BCUT2D eigenvalue weighted by Gasteiger charge is -2.05. The maximum Gasteiger partial charge on any atom is 0.188 e. The zero-order chi connectivity index (χ0) is 12.0. The van der Waals surface area contributed by atoms with Gasteiger partial charge in [-0.1, -0.05) is 18.5 Å². The van der Waals surface area contributed by atoms with Crippen LogP contribution in [0.2, 0.25) is 5.02 Å². The summed E-state index contributed by atoms with van der Waals surface area (Å²) in [5.41, 5.74) is 1.05. The first-order valence-electron chi connectivity index (χ1n) is 5.11. The van der Waals surface area contributed by atoms with Gasteiger partial charge in [0.1, 0.15) is 6.07 Å². The average Bonchev–Trinajstić information content (AvgIpc) is 2.30. The molecule has 16 heavy (non-hydrogen) atoms. The van der Waals surface area contributed by atoms with Crippen LogP contribution in [-0.2, 0) is 4.74 Å². The molecule has 1 aromatic carbocycles. The number of rotatable bonds is 3. The molecule has 0 atom stereocenters. The zero-order valence-electron chi connectivity index (χ0n) is 9.33. The molecule has 0 N–H and O–H groups in total. The highest BCUT2D eigenvalue weighted by Crippen LogP contribution is 2.23. The smallest absolute Gasteiger partial charge is 0.188 e. The third kappa shape index (κ3) is 3.25. The van der Waals surface area contributed by atoms with Gasteiger partial charge in [-0.2, -0.15) is 5.26 Å². The van der Waals surface area contributed by atoms with Crippen molar-refractivity contribution in [2.45, 2.75) is 20.3 Å². The van der Waals surface area contributed by atoms with Crippen molar-refractivity contribution in [3.8, 4) is 6.07 Å². The van der Waals surface area contributed by atoms with E-state index < -0.39 is 0 Å². The highest BCUT2D eigenvalue weighted by molar-refractivity contribution is 6.30. The fourth-order valence-electron chi connectivity index (χ4n) is 1.21. The van der Waals surface area contributed by atoms with Crippen molar-refractivity contribution in [2.24, 2.45) is 4.99 Å². The van der Waals surface area contributed by atoms with Crippen LogP contribution < -0.4 is 0 Å². The average molecular weight is 237 g/mol. The van der Waals surface area contributed by atoms with Crippen LogP contribution in [-0.4, -0.2) is 12.5 Å². The standard InChI is InChI=1S/C12H13ClN2O/c1-3-12(16-4-2)15-11-6-5-10(13)7-9(11)8-14/h5-7H,3-4H2,1-2H3. The normalized spacial score (nSPS) is 11.0. The molecular formula is C12H13ClN2O. The van der Waals surface area contributed by atoms with E-state index >= 15 is 0 Å². The van der Waals surface area contributed by atoms with Crippen molar-refractivity contribution in [2.75, 3.05) is 6.61 Å². The van der Waals surface area contributed by atoms with Gasteiger partial charge in [-0.15, -0.1) is 0 Å². The summed E-state index contributed by atoms with van der Waals surface area (Å²) in [5.74, 6) is 0.626. The van der Waals surface area contributed by atoms with Gasteiger partial charge in [-0.05, 0) is 25.1 Å². The molecule has 0 radical (unpaired) electrons. The Hall–Kier alpha value is -1.53. The maximum absolute atomic E-state index is 8.94. The minimum Gasteiger partial charge on any atom is -0.481 e. The molecule has 0 heterocycles. The van der Waals surface area contributed by atoms with Crippen LogP contribution in [0, 0.1) is 11.3 Å². The van der Waals surface area contributed by atoms with E-state index in [0.717, 1.165) is 0 Å². The summed E-state index contributed by atoms with van der Waals surface area (Å²) < 4.78 is 5.33. The quantitative estimate of drug-likeness (QED) is 0.594. The van der Waals surface area contributed by atoms with Gasteiger partial charge in [0.15, 0.2) is 5.90 Å². The number of aliphatic imine (C=N–C) groups is 1. The van der Waals surface area contributed by atoms with E-state index in [1.807, 2.05) is 13.8 Å². The number of benzene rings is 1. The van der Waals surface area contributed by atoms with Crippen LogP contribution in [0.3, 0.4) is 0 Å². The molecule has 1 aromatic rings. The number of hydrogen-bond acceptors (Lipinski definition) is 3. The summed E-state index contributed by atoms with van der Waals surface area (Å²) in [6.07, 6.45) is 0.696. The van der Waals surface area contributed by atoms with Crippen molar-refractivity contribution < 1.29 is 4.74 Å². The molecular weight excluding hydrogens is 224 g/mol. The van der Waals surface area contributed by atoms with E-state index in [9.17, 15) is 0 Å². The molecule has 0 aromatic heterocycles. The highest BCUT2D eigenvalue weighted by atomic mass is 35.5. The second kappa shape index (κ2) is 6.14. The molecule has 0 aliphatic rings. The largest absolute Gasteiger partial charge is 0.481 e. The second-order valence-electron chi connectivity index (χ2n) is 3.07. The number of halogens is 1. The summed E-state index contributed by atoms with van der Waals surface area (Å²) in [6, 6.07) is 7.08. The van der Waals surface area contributed by atoms with E-state index in [1.54, 1.807) is 18.2 Å². The van der Waals surface area contributed by atoms with E-state index in [1.165, 1.54) is 0 Å². The van der Waals surface area contributed by atoms with Crippen molar-refractivity contribution in [3.63, 3.8) is 0 Å². The molecule has 3 nitrogen and oxygen atoms in total. The Morgan fingerprint density at radius 3 is 2.81 bits per heavy atom. The lowest BCUT2D eigenvalue weighted by Crippen LogP contribution is -2.02. The summed E-state index contributed by atoms with van der Waals surface area (Å²) in [5, 5.41) is 9.47. The van der Waals surface area contributed by atoms with Gasteiger partial charge in [0.05, 0.1) is 17.9 Å². The Balaban J connectivity index is 3.08. The van der Waals surface area contributed by atoms with E-state index in [2.05, 4.69) is 11.1 Å². The predicted molar refractivity (Wildman–Crippen MR) is 65.2 cm³/mol. The summed E-state index contributed by atoms with van der Waals surface area (Å²) in [4.78, 5) is 4.29. The summed E-state index contributed by atoms with van der Waals surface area (Å²) >= 11 is 5.80. The minimum absolute atomic E-state index is 0.457. The first-order chi connectivity index (χ1) is 7.71. The molecule has 0 spiro atoms. The SMILES string of the molecule is CCOC(CC)=Nc1ccc(Cl)cc1C#N. The lowest BCUT2D eigenvalue weighted by atomic mass is 10.2. The second-order valence-corrected chi connectivity index (χ2v) is 3.50. The Morgan fingerprint density at radius 1 is 1.50 bits per heavy atom. The van der Waals surface area contributed by atoms with Crippen LogP contribution in [0.5, 0.6) is 0 Å². The monoisotopic (exact) mass is 236 g/mol. The van der Waals surface area contributed by atoms with Crippen LogP contribution >= 0.6 is 11.6 Å². The topological polar surface area (TPSA) is 45.4 Å². The Kier molecular flexibility index (Phi) is 4.81. The number of ether oxygens (including phenoxy) is 1. The number of nitriles is 1. The molecule has 0 bridgehead atoms. The van der Waals surface area contributed by atoms with Gasteiger partial charge < -0.3 is 4.74 Å². The van der Waals surface area contributed by atoms with Crippen LogP contribution in [0.25, 0.3) is 0 Å². The van der Waals surface area contributed by atoms with E-state index in [-0.39, 0.29) is 0 Å². The molecule has 0 aliphatic carbocycles. The van der Waals surface area contributed by atoms with Gasteiger partial charge in [0.25, 0.3) is 0 Å². The maximum atomic E-state index is 8.94. The third-order valence-corrected chi connectivity index (χ3v) is 2.17. The molecule has 4 heteroatoms. The van der Waals surface area contributed by atoms with Crippen molar-refractivity contribution in [3.05, 3.63) is 28.8 Å². The number of hydrogen-bond donors (Lipinski definition) is 0. The Morgan fingerprint density at radius 2 is 2.25 bits per heavy atom. The molecule has 0 saturated carbocycles. The molecule has 0 fully saturated rings. The van der Waals surface area contributed by atoms with Crippen molar-refractivity contribution in [1.29, 1.82) is 5.26 Å². The van der Waals surface area contributed by atoms with Gasteiger partial charge in [-0.25, -0.2) is 4.99 Å². The highest BCUT2D eigenvalue weighted by Gasteiger charge is 2.03. The molecule has 0 aliphatic heterocycles. The first kappa shape index (κ1) is 12.5. The van der Waals surface area contributed by atoms with Gasteiger partial charge in [-0.3, -0.25) is 0 Å². The van der Waals surface area contributed by atoms with Crippen LogP contribution in [0.4, 0.5) is 5.69 Å². The first-order valence-corrected chi connectivity index (χ1v) is 5.49. The van der Waals surface area contributed by atoms with Crippen molar-refractivity contribution >= 4 is 23.2 Å². The minimum atomic E-state index is 0.457. The fraction of sp³-hybridized carbons (Fsp3) is 0.333. The molecule has 84 valence electrons. The molecule has 1 rings (SSSR count). The predicted octanol–water partition coefficient (Wildman–Crippen LogP) is 3.69. The zero-order valence-corrected chi connectivity index (χ0v) is 10.1.